The number of anilines is 2. The molecule has 1 saturated heterocycles. The van der Waals surface area contributed by atoms with Gasteiger partial charge in [0.05, 0.1) is 12.6 Å². The lowest BCUT2D eigenvalue weighted by molar-refractivity contribution is -0.266. The van der Waals surface area contributed by atoms with E-state index in [9.17, 15) is 39.3 Å². The highest BCUT2D eigenvalue weighted by Gasteiger charge is 2.47. The van der Waals surface area contributed by atoms with Gasteiger partial charge in [0.15, 0.2) is 6.29 Å². The predicted molar refractivity (Wildman–Crippen MR) is 251 cm³/mol. The number of unbranched alkanes of at least 4 members (excludes halogenated alkanes) is 1. The van der Waals surface area contributed by atoms with Crippen LogP contribution in [0.4, 0.5) is 11.4 Å². The Morgan fingerprint density at radius 1 is 0.909 bits per heavy atom. The lowest BCUT2D eigenvalue weighted by Crippen LogP contribution is -2.65. The van der Waals surface area contributed by atoms with Crippen LogP contribution in [0.1, 0.15) is 85.3 Å². The molecule has 9 N–H and O–H groups in total. The van der Waals surface area contributed by atoms with E-state index in [4.69, 9.17) is 15.2 Å². The third-order valence-electron chi connectivity index (χ3n) is 12.9. The van der Waals surface area contributed by atoms with Gasteiger partial charge in [0.2, 0.25) is 29.5 Å². The van der Waals surface area contributed by atoms with Gasteiger partial charge in [0, 0.05) is 61.4 Å². The smallest absolute Gasteiger partial charge is 0.249 e. The Balaban J connectivity index is 1.08. The Labute approximate surface area is 387 Å². The van der Waals surface area contributed by atoms with Crippen LogP contribution in [-0.4, -0.2) is 126 Å². The standard InChI is InChI=1S/C49H69N7O10/c1-29(52-46(63)30(2)65-43-41(53-31(3)58)47(64)66-37(28-57)42(43)60)45(62)54-34(44(50)61)24-25-40(59)51-26-16-17-27-56-36-21-15-13-19-33(36)49(6,7)39(56)23-11-9-10-22-38-48(4,5)32-18-12-14-20-35(32)55(38)8/h9-15,18-23,29-30,34,37-38,41-43,47,57,60,64H,16-17,24-28H2,1-8H3,(H2,50,61)(H,51,59)(H,52,63)(H,53,58)(H,54,62)/b11-9+,22-10+,39-23+/t29-,30+,34+,37+,38?,41+,42+,43+,47+/m0/s1. The van der Waals surface area contributed by atoms with Crippen LogP contribution in [0.15, 0.2) is 84.6 Å². The van der Waals surface area contributed by atoms with E-state index in [0.29, 0.717) is 13.0 Å². The topological polar surface area (TPSA) is 245 Å². The molecule has 66 heavy (non-hydrogen) atoms. The van der Waals surface area contributed by atoms with Gasteiger partial charge >= 0.3 is 0 Å². The van der Waals surface area contributed by atoms with Crippen LogP contribution in [-0.2, 0) is 44.3 Å². The minimum atomic E-state index is -1.66. The largest absolute Gasteiger partial charge is 0.394 e. The third kappa shape index (κ3) is 11.9. The van der Waals surface area contributed by atoms with Crippen molar-refractivity contribution in [2.24, 2.45) is 5.73 Å². The van der Waals surface area contributed by atoms with Crippen molar-refractivity contribution < 1.29 is 48.8 Å². The summed E-state index contributed by atoms with van der Waals surface area (Å²) >= 11 is 0. The number of amides is 5. The summed E-state index contributed by atoms with van der Waals surface area (Å²) < 4.78 is 10.9. The number of nitrogens with one attached hydrogen (secondary N) is 4. The molecule has 2 aromatic rings. The summed E-state index contributed by atoms with van der Waals surface area (Å²) in [5, 5.41) is 40.8. The quantitative estimate of drug-likeness (QED) is 0.0704. The Morgan fingerprint density at radius 3 is 2.23 bits per heavy atom. The molecule has 0 saturated carbocycles. The molecule has 360 valence electrons. The summed E-state index contributed by atoms with van der Waals surface area (Å²) in [7, 11) is 2.15. The van der Waals surface area contributed by atoms with Crippen molar-refractivity contribution in [2.45, 2.75) is 140 Å². The van der Waals surface area contributed by atoms with E-state index in [2.05, 4.69) is 139 Å². The molecule has 17 heteroatoms. The number of ether oxygens (including phenoxy) is 2. The molecule has 0 radical (unpaired) electrons. The van der Waals surface area contributed by atoms with Gasteiger partial charge in [-0.3, -0.25) is 24.0 Å². The lowest BCUT2D eigenvalue weighted by Gasteiger charge is -2.43. The van der Waals surface area contributed by atoms with Crippen molar-refractivity contribution in [3.05, 3.63) is 95.7 Å². The second-order valence-electron chi connectivity index (χ2n) is 18.4. The van der Waals surface area contributed by atoms with Gasteiger partial charge < -0.3 is 61.6 Å². The van der Waals surface area contributed by atoms with Crippen molar-refractivity contribution >= 4 is 40.9 Å². The van der Waals surface area contributed by atoms with E-state index in [1.807, 2.05) is 6.07 Å². The average Bonchev–Trinajstić information content (AvgIpc) is 3.60. The summed E-state index contributed by atoms with van der Waals surface area (Å²) in [6.07, 6.45) is 4.96. The van der Waals surface area contributed by atoms with E-state index in [1.165, 1.54) is 43.3 Å². The van der Waals surface area contributed by atoms with Gasteiger partial charge in [0.25, 0.3) is 0 Å². The highest BCUT2D eigenvalue weighted by molar-refractivity contribution is 5.92. The first kappa shape index (κ1) is 51.4. The molecule has 3 heterocycles. The first-order chi connectivity index (χ1) is 31.2. The van der Waals surface area contributed by atoms with Crippen LogP contribution < -0.4 is 36.8 Å². The van der Waals surface area contributed by atoms with Gasteiger partial charge in [-0.2, -0.15) is 0 Å². The second-order valence-corrected chi connectivity index (χ2v) is 18.4. The summed E-state index contributed by atoms with van der Waals surface area (Å²) in [4.78, 5) is 67.7. The molecular weight excluding hydrogens is 847 g/mol. The molecule has 5 rings (SSSR count). The summed E-state index contributed by atoms with van der Waals surface area (Å²) in [6, 6.07) is 13.6. The van der Waals surface area contributed by atoms with E-state index in [0.717, 1.165) is 18.7 Å². The molecule has 9 atom stereocenters. The number of primary amides is 1. The fourth-order valence-electron chi connectivity index (χ4n) is 9.15. The molecule has 0 spiro atoms. The maximum atomic E-state index is 13.0. The number of carbonyl (C=O) groups is 5. The van der Waals surface area contributed by atoms with Crippen molar-refractivity contribution in [1.29, 1.82) is 0 Å². The normalized spacial score (nSPS) is 25.0. The van der Waals surface area contributed by atoms with Crippen LogP contribution in [0.5, 0.6) is 0 Å². The van der Waals surface area contributed by atoms with Crippen molar-refractivity contribution in [3.8, 4) is 0 Å². The first-order valence-corrected chi connectivity index (χ1v) is 22.7. The molecule has 3 aliphatic heterocycles. The monoisotopic (exact) mass is 916 g/mol. The van der Waals surface area contributed by atoms with Gasteiger partial charge in [-0.1, -0.05) is 88.4 Å². The summed E-state index contributed by atoms with van der Waals surface area (Å²) in [5.41, 5.74) is 11.5. The number of allylic oxidation sites excluding steroid dienone is 5. The highest BCUT2D eigenvalue weighted by Crippen LogP contribution is 2.48. The Bertz CT molecular complexity index is 2160. The zero-order chi connectivity index (χ0) is 48.5. The van der Waals surface area contributed by atoms with Crippen molar-refractivity contribution in [3.63, 3.8) is 0 Å². The third-order valence-corrected chi connectivity index (χ3v) is 12.9. The predicted octanol–water partition coefficient (Wildman–Crippen LogP) is 2.08. The number of fused-ring (bicyclic) bond motifs is 2. The van der Waals surface area contributed by atoms with Crippen LogP contribution in [0, 0.1) is 0 Å². The zero-order valence-electron chi connectivity index (χ0n) is 39.3. The molecule has 3 aliphatic rings. The van der Waals surface area contributed by atoms with Crippen molar-refractivity contribution in [2.75, 3.05) is 36.5 Å². The van der Waals surface area contributed by atoms with E-state index >= 15 is 0 Å². The first-order valence-electron chi connectivity index (χ1n) is 22.7. The number of hydrogen-bond acceptors (Lipinski definition) is 12. The molecule has 0 aliphatic carbocycles. The number of hydrogen-bond donors (Lipinski definition) is 8. The fraction of sp³-hybridized carbons (Fsp3) is 0.531. The molecule has 5 amide bonds. The van der Waals surface area contributed by atoms with Crippen LogP contribution in [0.3, 0.4) is 0 Å². The van der Waals surface area contributed by atoms with Crippen molar-refractivity contribution in [1.82, 2.24) is 21.3 Å². The van der Waals surface area contributed by atoms with Gasteiger partial charge in [0.1, 0.15) is 42.5 Å². The van der Waals surface area contributed by atoms with Gasteiger partial charge in [-0.15, -0.1) is 0 Å². The molecule has 1 unspecified atom stereocenters. The minimum absolute atomic E-state index is 0.0222. The zero-order valence-corrected chi connectivity index (χ0v) is 39.3. The molecule has 0 aromatic heterocycles. The molecule has 1 fully saturated rings. The van der Waals surface area contributed by atoms with Gasteiger partial charge in [-0.05, 0) is 62.4 Å². The average molecular weight is 916 g/mol. The van der Waals surface area contributed by atoms with Crippen LogP contribution in [0.2, 0.25) is 0 Å². The number of aliphatic hydroxyl groups excluding tert-OH is 3. The number of para-hydroxylation sites is 2. The van der Waals surface area contributed by atoms with E-state index in [-0.39, 0.29) is 35.6 Å². The second kappa shape index (κ2) is 22.3. The number of nitrogens with zero attached hydrogens (tertiary/aromatic N) is 2. The molecular formula is C49H69N7O10. The number of likely N-dealkylation sites (N-methyl/N-ethyl adjacent to an activating group) is 1. The Morgan fingerprint density at radius 2 is 1.58 bits per heavy atom. The minimum Gasteiger partial charge on any atom is -0.394 e. The van der Waals surface area contributed by atoms with E-state index < -0.39 is 79.1 Å². The maximum absolute atomic E-state index is 13.0. The Hall–Kier alpha value is -5.59. The summed E-state index contributed by atoms with van der Waals surface area (Å²) in [5.74, 6) is -3.29. The van der Waals surface area contributed by atoms with Crippen LogP contribution >= 0.6 is 0 Å². The number of benzene rings is 2. The van der Waals surface area contributed by atoms with E-state index in [1.54, 1.807) is 0 Å². The Kier molecular flexibility index (Phi) is 17.3. The fourth-order valence-corrected chi connectivity index (χ4v) is 9.15. The lowest BCUT2D eigenvalue weighted by atomic mass is 9.80. The SMILES string of the molecule is CC(=O)N[C@@H]1[C@@H](O[C@H](C)C(=O)N[C@@H](C)C(=O)N[C@H](CCC(=O)NCCCCN2/C(=C/C=C/C=C/C3N(C)c4ccccc4C3(C)C)C(C)(C)c3ccccc32)C(N)=O)[C@H](O)[C@@H](CO)O[C@H]1O. The molecule has 0 bridgehead atoms. The molecule has 17 nitrogen and oxygen atoms in total. The number of rotatable bonds is 20. The highest BCUT2D eigenvalue weighted by atomic mass is 16.6. The number of carbonyl (C=O) groups excluding carboxylic acids is 5. The number of aliphatic hydroxyl groups is 3. The molecule has 2 aromatic carbocycles. The summed E-state index contributed by atoms with van der Waals surface area (Å²) in [6.45, 7) is 13.4. The van der Waals surface area contributed by atoms with Gasteiger partial charge in [-0.25, -0.2) is 0 Å². The van der Waals surface area contributed by atoms with Crippen LogP contribution in [0.25, 0.3) is 0 Å². The number of nitrogens with two attached hydrogens (primary N) is 1. The maximum Gasteiger partial charge on any atom is 0.249 e.